The number of aryl methyl sites for hydroxylation is 1. The molecule has 0 spiro atoms. The fourth-order valence-corrected chi connectivity index (χ4v) is 2.26. The first-order chi connectivity index (χ1) is 8.88. The molecule has 0 aliphatic rings. The fraction of sp³-hybridized carbons (Fsp3) is 0.533. The van der Waals surface area contributed by atoms with Gasteiger partial charge >= 0.3 is 5.97 Å². The minimum absolute atomic E-state index is 0.0145. The van der Waals surface area contributed by atoms with Gasteiger partial charge in [-0.25, -0.2) is 0 Å². The van der Waals surface area contributed by atoms with Crippen LogP contribution in [-0.4, -0.2) is 17.7 Å². The summed E-state index contributed by atoms with van der Waals surface area (Å²) in [7, 11) is 0. The van der Waals surface area contributed by atoms with Crippen molar-refractivity contribution in [2.24, 2.45) is 17.6 Å². The van der Waals surface area contributed by atoms with E-state index in [2.05, 4.69) is 0 Å². The topological polar surface area (TPSA) is 72.5 Å². The van der Waals surface area contributed by atoms with Crippen LogP contribution in [-0.2, 0) is 4.79 Å². The standard InChI is InChI=1S/C15H23NO3/c1-5-19-12-7-6-11(8-10(12)4)14(16)13(9(2)3)15(17)18/h6-9,13-14H,5,16H2,1-4H3,(H,17,18). The number of ether oxygens (including phenoxy) is 1. The highest BCUT2D eigenvalue weighted by atomic mass is 16.5. The molecule has 0 aliphatic heterocycles. The van der Waals surface area contributed by atoms with E-state index < -0.39 is 17.9 Å². The van der Waals surface area contributed by atoms with E-state index in [1.165, 1.54) is 0 Å². The van der Waals surface area contributed by atoms with Gasteiger partial charge in [-0.05, 0) is 37.0 Å². The van der Waals surface area contributed by atoms with Crippen molar-refractivity contribution < 1.29 is 14.6 Å². The Morgan fingerprint density at radius 3 is 2.47 bits per heavy atom. The Morgan fingerprint density at radius 2 is 2.05 bits per heavy atom. The van der Waals surface area contributed by atoms with Crippen LogP contribution in [0.3, 0.4) is 0 Å². The van der Waals surface area contributed by atoms with E-state index >= 15 is 0 Å². The minimum atomic E-state index is -0.853. The lowest BCUT2D eigenvalue weighted by molar-refractivity contribution is -0.144. The van der Waals surface area contributed by atoms with Crippen molar-refractivity contribution in [3.63, 3.8) is 0 Å². The van der Waals surface area contributed by atoms with Crippen molar-refractivity contribution in [1.82, 2.24) is 0 Å². The Balaban J connectivity index is 3.02. The zero-order valence-electron chi connectivity index (χ0n) is 12.0. The Kier molecular flexibility index (Phi) is 5.36. The quantitative estimate of drug-likeness (QED) is 0.829. The molecule has 3 N–H and O–H groups in total. The highest BCUT2D eigenvalue weighted by Crippen LogP contribution is 2.29. The first-order valence-electron chi connectivity index (χ1n) is 6.60. The molecule has 2 atom stereocenters. The Labute approximate surface area is 114 Å². The van der Waals surface area contributed by atoms with Gasteiger partial charge in [0.2, 0.25) is 0 Å². The first-order valence-corrected chi connectivity index (χ1v) is 6.60. The van der Waals surface area contributed by atoms with Gasteiger partial charge in [-0.3, -0.25) is 4.79 Å². The fourth-order valence-electron chi connectivity index (χ4n) is 2.26. The van der Waals surface area contributed by atoms with Gasteiger partial charge in [0, 0.05) is 6.04 Å². The van der Waals surface area contributed by atoms with Crippen LogP contribution in [0.25, 0.3) is 0 Å². The summed E-state index contributed by atoms with van der Waals surface area (Å²) in [5.74, 6) is -0.638. The lowest BCUT2D eigenvalue weighted by Gasteiger charge is -2.24. The largest absolute Gasteiger partial charge is 0.494 e. The third-order valence-electron chi connectivity index (χ3n) is 3.27. The van der Waals surface area contributed by atoms with Crippen molar-refractivity contribution in [3.05, 3.63) is 29.3 Å². The summed E-state index contributed by atoms with van der Waals surface area (Å²) in [6.45, 7) is 8.22. The minimum Gasteiger partial charge on any atom is -0.494 e. The summed E-state index contributed by atoms with van der Waals surface area (Å²) in [6.07, 6.45) is 0. The molecule has 0 saturated heterocycles. The number of nitrogens with two attached hydrogens (primary N) is 1. The molecule has 0 radical (unpaired) electrons. The zero-order valence-corrected chi connectivity index (χ0v) is 12.0. The van der Waals surface area contributed by atoms with E-state index in [9.17, 15) is 9.90 Å². The lowest BCUT2D eigenvalue weighted by atomic mass is 9.84. The maximum absolute atomic E-state index is 11.3. The monoisotopic (exact) mass is 265 g/mol. The molecule has 0 bridgehead atoms. The molecule has 0 aromatic heterocycles. The Morgan fingerprint density at radius 1 is 1.42 bits per heavy atom. The SMILES string of the molecule is CCOc1ccc(C(N)C(C(=O)O)C(C)C)cc1C. The summed E-state index contributed by atoms with van der Waals surface area (Å²) in [4.78, 5) is 11.3. The zero-order chi connectivity index (χ0) is 14.6. The van der Waals surface area contributed by atoms with Gasteiger partial charge in [-0.1, -0.05) is 26.0 Å². The van der Waals surface area contributed by atoms with Crippen LogP contribution >= 0.6 is 0 Å². The summed E-state index contributed by atoms with van der Waals surface area (Å²) >= 11 is 0. The number of carboxylic acid groups (broad SMARTS) is 1. The van der Waals surface area contributed by atoms with Gasteiger partial charge < -0.3 is 15.6 Å². The number of carbonyl (C=O) groups is 1. The molecule has 106 valence electrons. The van der Waals surface area contributed by atoms with Crippen molar-refractivity contribution in [2.75, 3.05) is 6.61 Å². The third kappa shape index (κ3) is 3.70. The molecule has 4 nitrogen and oxygen atoms in total. The maximum Gasteiger partial charge on any atom is 0.308 e. The van der Waals surface area contributed by atoms with Gasteiger partial charge in [-0.2, -0.15) is 0 Å². The molecule has 2 unspecified atom stereocenters. The van der Waals surface area contributed by atoms with Crippen LogP contribution in [0.2, 0.25) is 0 Å². The van der Waals surface area contributed by atoms with Gasteiger partial charge in [-0.15, -0.1) is 0 Å². The van der Waals surface area contributed by atoms with E-state index in [4.69, 9.17) is 10.5 Å². The number of hydrogen-bond acceptors (Lipinski definition) is 3. The second-order valence-corrected chi connectivity index (χ2v) is 5.09. The third-order valence-corrected chi connectivity index (χ3v) is 3.27. The van der Waals surface area contributed by atoms with Crippen molar-refractivity contribution in [2.45, 2.75) is 33.7 Å². The summed E-state index contributed by atoms with van der Waals surface area (Å²) in [6, 6.07) is 5.11. The summed E-state index contributed by atoms with van der Waals surface area (Å²) < 4.78 is 5.47. The van der Waals surface area contributed by atoms with E-state index in [0.29, 0.717) is 6.61 Å². The normalized spacial score (nSPS) is 14.2. The number of carboxylic acids is 1. The predicted octanol–water partition coefficient (Wildman–Crippen LogP) is 2.75. The number of aliphatic carboxylic acids is 1. The average molecular weight is 265 g/mol. The number of benzene rings is 1. The Bertz CT molecular complexity index is 443. The molecule has 1 rings (SSSR count). The first kappa shape index (κ1) is 15.5. The molecule has 0 amide bonds. The molecule has 4 heteroatoms. The van der Waals surface area contributed by atoms with Crippen LogP contribution in [0.1, 0.15) is 37.9 Å². The molecule has 1 aromatic carbocycles. The van der Waals surface area contributed by atoms with Crippen LogP contribution in [0.4, 0.5) is 0 Å². The average Bonchev–Trinajstić information content (AvgIpc) is 2.30. The molecule has 0 aliphatic carbocycles. The Hall–Kier alpha value is -1.55. The molecule has 1 aromatic rings. The molecule has 0 saturated carbocycles. The van der Waals surface area contributed by atoms with Crippen LogP contribution in [0, 0.1) is 18.8 Å². The van der Waals surface area contributed by atoms with Crippen molar-refractivity contribution in [3.8, 4) is 5.75 Å². The predicted molar refractivity (Wildman–Crippen MR) is 75.2 cm³/mol. The van der Waals surface area contributed by atoms with E-state index in [0.717, 1.165) is 16.9 Å². The van der Waals surface area contributed by atoms with Crippen molar-refractivity contribution in [1.29, 1.82) is 0 Å². The second kappa shape index (κ2) is 6.57. The number of hydrogen-bond donors (Lipinski definition) is 2. The molecular formula is C15H23NO3. The summed E-state index contributed by atoms with van der Waals surface area (Å²) in [5.41, 5.74) is 7.92. The van der Waals surface area contributed by atoms with Gasteiger partial charge in [0.1, 0.15) is 5.75 Å². The van der Waals surface area contributed by atoms with Gasteiger partial charge in [0.05, 0.1) is 12.5 Å². The smallest absolute Gasteiger partial charge is 0.308 e. The van der Waals surface area contributed by atoms with Crippen LogP contribution in [0.15, 0.2) is 18.2 Å². The van der Waals surface area contributed by atoms with Gasteiger partial charge in [0.15, 0.2) is 0 Å². The highest BCUT2D eigenvalue weighted by molar-refractivity contribution is 5.71. The lowest BCUT2D eigenvalue weighted by Crippen LogP contribution is -2.32. The number of rotatable bonds is 6. The molecular weight excluding hydrogens is 242 g/mol. The second-order valence-electron chi connectivity index (χ2n) is 5.09. The van der Waals surface area contributed by atoms with Crippen molar-refractivity contribution >= 4 is 5.97 Å². The molecule has 19 heavy (non-hydrogen) atoms. The van der Waals surface area contributed by atoms with Crippen LogP contribution in [0.5, 0.6) is 5.75 Å². The van der Waals surface area contributed by atoms with E-state index in [1.54, 1.807) is 0 Å². The molecule has 0 heterocycles. The van der Waals surface area contributed by atoms with E-state index in [-0.39, 0.29) is 5.92 Å². The molecule has 0 fully saturated rings. The van der Waals surface area contributed by atoms with E-state index in [1.807, 2.05) is 45.9 Å². The van der Waals surface area contributed by atoms with Gasteiger partial charge in [0.25, 0.3) is 0 Å². The summed E-state index contributed by atoms with van der Waals surface area (Å²) in [5, 5.41) is 9.28. The highest BCUT2D eigenvalue weighted by Gasteiger charge is 2.29. The maximum atomic E-state index is 11.3. The van der Waals surface area contributed by atoms with Crippen LogP contribution < -0.4 is 10.5 Å².